The number of rotatable bonds is 4. The van der Waals surface area contributed by atoms with Gasteiger partial charge in [-0.05, 0) is 42.5 Å². The van der Waals surface area contributed by atoms with Crippen LogP contribution in [0.25, 0.3) is 0 Å². The molecule has 0 saturated carbocycles. The van der Waals surface area contributed by atoms with Crippen LogP contribution in [-0.2, 0) is 0 Å². The maximum absolute atomic E-state index is 5.92. The summed E-state index contributed by atoms with van der Waals surface area (Å²) in [5.41, 5.74) is 6.27. The van der Waals surface area contributed by atoms with Crippen LogP contribution in [0.15, 0.2) is 42.5 Å². The van der Waals surface area contributed by atoms with E-state index in [-0.39, 0.29) is 4.99 Å². The van der Waals surface area contributed by atoms with E-state index in [1.165, 1.54) is 0 Å². The van der Waals surface area contributed by atoms with Gasteiger partial charge in [0.15, 0.2) is 0 Å². The van der Waals surface area contributed by atoms with Gasteiger partial charge in [0.25, 0.3) is 0 Å². The molecule has 0 aliphatic carbocycles. The minimum Gasteiger partial charge on any atom is -0.497 e. The molecule has 98 valence electrons. The van der Waals surface area contributed by atoms with Crippen molar-refractivity contribution >= 4 is 28.8 Å². The van der Waals surface area contributed by atoms with Crippen molar-refractivity contribution < 1.29 is 9.47 Å². The van der Waals surface area contributed by atoms with Crippen LogP contribution in [0.1, 0.15) is 5.56 Å². The Kier molecular flexibility index (Phi) is 4.24. The lowest BCUT2D eigenvalue weighted by Gasteiger charge is -2.11. The molecule has 2 aromatic rings. The molecule has 0 fully saturated rings. The number of thiocarbonyl (C=S) groups is 1. The molecule has 0 amide bonds. The highest BCUT2D eigenvalue weighted by Gasteiger charge is 2.08. The molecule has 2 N–H and O–H groups in total. The Hall–Kier alpha value is -1.78. The van der Waals surface area contributed by atoms with E-state index in [9.17, 15) is 0 Å². The van der Waals surface area contributed by atoms with Crippen molar-refractivity contribution in [1.29, 1.82) is 0 Å². The molecule has 0 unspecified atom stereocenters. The predicted molar refractivity (Wildman–Crippen MR) is 80.4 cm³/mol. The molecule has 2 rings (SSSR count). The van der Waals surface area contributed by atoms with Crippen LogP contribution in [0.5, 0.6) is 17.2 Å². The first kappa shape index (κ1) is 13.6. The summed E-state index contributed by atoms with van der Waals surface area (Å²) < 4.78 is 10.8. The van der Waals surface area contributed by atoms with Gasteiger partial charge in [-0.25, -0.2) is 0 Å². The molecule has 0 aliphatic rings. The zero-order valence-corrected chi connectivity index (χ0v) is 11.8. The highest BCUT2D eigenvalue weighted by atomic mass is 35.5. The Bertz CT molecular complexity index is 599. The fourth-order valence-corrected chi connectivity index (χ4v) is 1.89. The van der Waals surface area contributed by atoms with E-state index < -0.39 is 0 Å². The third-order valence-electron chi connectivity index (χ3n) is 2.49. The third-order valence-corrected chi connectivity index (χ3v) is 2.95. The van der Waals surface area contributed by atoms with Crippen LogP contribution in [-0.4, -0.2) is 12.1 Å². The molecular formula is C14H12ClNO2S. The lowest BCUT2D eigenvalue weighted by Crippen LogP contribution is -2.10. The van der Waals surface area contributed by atoms with Crippen molar-refractivity contribution in [1.82, 2.24) is 0 Å². The summed E-state index contributed by atoms with van der Waals surface area (Å²) in [6, 6.07) is 12.4. The normalized spacial score (nSPS) is 10.0. The quantitative estimate of drug-likeness (QED) is 0.872. The smallest absolute Gasteiger partial charge is 0.137 e. The second kappa shape index (κ2) is 5.91. The van der Waals surface area contributed by atoms with Crippen LogP contribution >= 0.6 is 23.8 Å². The van der Waals surface area contributed by atoms with E-state index in [2.05, 4.69) is 0 Å². The second-order valence-electron chi connectivity index (χ2n) is 3.78. The number of ether oxygens (including phenoxy) is 2. The van der Waals surface area contributed by atoms with E-state index in [4.69, 9.17) is 39.0 Å². The number of hydrogen-bond acceptors (Lipinski definition) is 3. The van der Waals surface area contributed by atoms with E-state index >= 15 is 0 Å². The monoisotopic (exact) mass is 293 g/mol. The fourth-order valence-electron chi connectivity index (χ4n) is 1.55. The van der Waals surface area contributed by atoms with E-state index in [0.29, 0.717) is 22.1 Å². The Labute approximate surface area is 121 Å². The third kappa shape index (κ3) is 3.36. The van der Waals surface area contributed by atoms with Gasteiger partial charge in [0.05, 0.1) is 12.7 Å². The molecule has 0 atom stereocenters. The molecular weight excluding hydrogens is 282 g/mol. The minimum absolute atomic E-state index is 0.242. The summed E-state index contributed by atoms with van der Waals surface area (Å²) in [7, 11) is 1.61. The first-order valence-corrected chi connectivity index (χ1v) is 6.30. The first-order valence-electron chi connectivity index (χ1n) is 5.51. The molecule has 0 heterocycles. The average molecular weight is 294 g/mol. The summed E-state index contributed by atoms with van der Waals surface area (Å²) in [6.45, 7) is 0. The van der Waals surface area contributed by atoms with Crippen LogP contribution in [0.3, 0.4) is 0 Å². The molecule has 0 radical (unpaired) electrons. The van der Waals surface area contributed by atoms with Crippen molar-refractivity contribution in [3.05, 3.63) is 53.1 Å². The van der Waals surface area contributed by atoms with Crippen LogP contribution in [0.2, 0.25) is 5.02 Å². The Balaban J connectivity index is 2.29. The van der Waals surface area contributed by atoms with Gasteiger partial charge < -0.3 is 15.2 Å². The van der Waals surface area contributed by atoms with Gasteiger partial charge in [0.2, 0.25) is 0 Å². The summed E-state index contributed by atoms with van der Waals surface area (Å²) >= 11 is 10.9. The van der Waals surface area contributed by atoms with Crippen molar-refractivity contribution in [2.45, 2.75) is 0 Å². The van der Waals surface area contributed by atoms with Crippen molar-refractivity contribution in [3.63, 3.8) is 0 Å². The maximum atomic E-state index is 5.92. The molecule has 0 aromatic heterocycles. The zero-order valence-electron chi connectivity index (χ0n) is 10.2. The molecule has 5 heteroatoms. The molecule has 0 aliphatic heterocycles. The summed E-state index contributed by atoms with van der Waals surface area (Å²) in [5, 5.41) is 0.560. The largest absolute Gasteiger partial charge is 0.497 e. The van der Waals surface area contributed by atoms with Gasteiger partial charge >= 0.3 is 0 Å². The topological polar surface area (TPSA) is 44.5 Å². The second-order valence-corrected chi connectivity index (χ2v) is 4.66. The van der Waals surface area contributed by atoms with Gasteiger partial charge in [-0.15, -0.1) is 0 Å². The standard InChI is InChI=1S/C14H12ClNO2S/c1-17-10-3-5-11(6-4-10)18-13-7-2-9(15)8-12(13)14(16)19/h2-8H,1H3,(H2,16,19). The summed E-state index contributed by atoms with van der Waals surface area (Å²) in [4.78, 5) is 0.242. The van der Waals surface area contributed by atoms with Crippen molar-refractivity contribution in [3.8, 4) is 17.2 Å². The first-order chi connectivity index (χ1) is 9.10. The number of methoxy groups -OCH3 is 1. The highest BCUT2D eigenvalue weighted by Crippen LogP contribution is 2.28. The van der Waals surface area contributed by atoms with Gasteiger partial charge in [0.1, 0.15) is 22.2 Å². The van der Waals surface area contributed by atoms with Gasteiger partial charge in [0, 0.05) is 5.02 Å². The Morgan fingerprint density at radius 3 is 2.32 bits per heavy atom. The van der Waals surface area contributed by atoms with Crippen molar-refractivity contribution in [2.75, 3.05) is 7.11 Å². The lowest BCUT2D eigenvalue weighted by atomic mass is 10.2. The minimum atomic E-state index is 0.242. The summed E-state index contributed by atoms with van der Waals surface area (Å²) in [6.07, 6.45) is 0. The molecule has 0 bridgehead atoms. The van der Waals surface area contributed by atoms with Crippen LogP contribution < -0.4 is 15.2 Å². The maximum Gasteiger partial charge on any atom is 0.137 e. The molecule has 19 heavy (non-hydrogen) atoms. The number of hydrogen-bond donors (Lipinski definition) is 1. The molecule has 0 spiro atoms. The van der Waals surface area contributed by atoms with Gasteiger partial charge in [-0.1, -0.05) is 23.8 Å². The zero-order chi connectivity index (χ0) is 13.8. The fraction of sp³-hybridized carbons (Fsp3) is 0.0714. The molecule has 0 saturated heterocycles. The van der Waals surface area contributed by atoms with Crippen LogP contribution in [0, 0.1) is 0 Å². The SMILES string of the molecule is COc1ccc(Oc2ccc(Cl)cc2C(N)=S)cc1. The molecule has 3 nitrogen and oxygen atoms in total. The number of benzene rings is 2. The number of nitrogens with two attached hydrogens (primary N) is 1. The predicted octanol–water partition coefficient (Wildman–Crippen LogP) is 3.78. The molecule has 2 aromatic carbocycles. The van der Waals surface area contributed by atoms with E-state index in [1.54, 1.807) is 37.4 Å². The Morgan fingerprint density at radius 2 is 1.74 bits per heavy atom. The van der Waals surface area contributed by atoms with E-state index in [0.717, 1.165) is 5.75 Å². The van der Waals surface area contributed by atoms with E-state index in [1.807, 2.05) is 12.1 Å². The lowest BCUT2D eigenvalue weighted by molar-refractivity contribution is 0.413. The van der Waals surface area contributed by atoms with Gasteiger partial charge in [-0.2, -0.15) is 0 Å². The highest BCUT2D eigenvalue weighted by molar-refractivity contribution is 7.80. The Morgan fingerprint density at radius 1 is 1.11 bits per heavy atom. The van der Waals surface area contributed by atoms with Crippen LogP contribution in [0.4, 0.5) is 0 Å². The van der Waals surface area contributed by atoms with Crippen molar-refractivity contribution in [2.24, 2.45) is 5.73 Å². The average Bonchev–Trinajstić information content (AvgIpc) is 2.41. The number of halogens is 1. The summed E-state index contributed by atoms with van der Waals surface area (Å²) in [5.74, 6) is 2.00. The van der Waals surface area contributed by atoms with Gasteiger partial charge in [-0.3, -0.25) is 0 Å².